The summed E-state index contributed by atoms with van der Waals surface area (Å²) in [6.45, 7) is 0. The number of anilines is 1. The molecule has 0 aliphatic carbocycles. The molecule has 2 rings (SSSR count). The zero-order chi connectivity index (χ0) is 14.9. The van der Waals surface area contributed by atoms with Gasteiger partial charge in [0, 0.05) is 19.3 Å². The third-order valence-corrected chi connectivity index (χ3v) is 4.23. The lowest BCUT2D eigenvalue weighted by Gasteiger charge is -2.10. The summed E-state index contributed by atoms with van der Waals surface area (Å²) < 4.78 is 41.3. The van der Waals surface area contributed by atoms with Crippen LogP contribution in [0.1, 0.15) is 0 Å². The highest BCUT2D eigenvalue weighted by Gasteiger charge is 2.20. The van der Waals surface area contributed by atoms with E-state index in [1.165, 1.54) is 42.1 Å². The lowest BCUT2D eigenvalue weighted by molar-refractivity contribution is 0.570. The Morgan fingerprint density at radius 2 is 1.95 bits per heavy atom. The van der Waals surface area contributed by atoms with E-state index in [9.17, 15) is 17.6 Å². The van der Waals surface area contributed by atoms with Crippen molar-refractivity contribution in [3.8, 4) is 0 Å². The van der Waals surface area contributed by atoms with Crippen LogP contribution in [0.15, 0.2) is 46.2 Å². The number of hydrogen-bond donors (Lipinski definition) is 1. The van der Waals surface area contributed by atoms with Crippen LogP contribution in [-0.4, -0.2) is 13.0 Å². The molecule has 1 heterocycles. The normalized spacial score (nSPS) is 11.3. The number of hydrogen-bond acceptors (Lipinski definition) is 3. The van der Waals surface area contributed by atoms with Crippen LogP contribution in [0.3, 0.4) is 0 Å². The van der Waals surface area contributed by atoms with Crippen LogP contribution in [0, 0.1) is 5.82 Å². The lowest BCUT2D eigenvalue weighted by Crippen LogP contribution is -2.19. The molecule has 2 aromatic rings. The van der Waals surface area contributed by atoms with E-state index in [4.69, 9.17) is 11.6 Å². The van der Waals surface area contributed by atoms with Crippen LogP contribution in [0.5, 0.6) is 0 Å². The number of nitrogens with one attached hydrogen (secondary N) is 1. The summed E-state index contributed by atoms with van der Waals surface area (Å²) in [6, 6.07) is 6.18. The van der Waals surface area contributed by atoms with Crippen molar-refractivity contribution in [3.05, 3.63) is 57.7 Å². The van der Waals surface area contributed by atoms with Crippen molar-refractivity contribution in [1.82, 2.24) is 4.57 Å². The second kappa shape index (κ2) is 5.26. The molecule has 0 bridgehead atoms. The van der Waals surface area contributed by atoms with Crippen molar-refractivity contribution in [3.63, 3.8) is 0 Å². The number of benzene rings is 1. The summed E-state index contributed by atoms with van der Waals surface area (Å²) >= 11 is 5.56. The summed E-state index contributed by atoms with van der Waals surface area (Å²) in [6.07, 6.45) is 1.29. The van der Waals surface area contributed by atoms with Gasteiger partial charge < -0.3 is 4.57 Å². The SMILES string of the molecule is Cn1cc(NS(=O)(=O)c2cccc(Cl)c2F)ccc1=O. The van der Waals surface area contributed by atoms with Crippen LogP contribution in [0.4, 0.5) is 10.1 Å². The number of pyridine rings is 1. The summed E-state index contributed by atoms with van der Waals surface area (Å²) in [5.74, 6) is -1.02. The molecule has 1 N–H and O–H groups in total. The topological polar surface area (TPSA) is 68.2 Å². The molecule has 106 valence electrons. The Morgan fingerprint density at radius 1 is 1.25 bits per heavy atom. The van der Waals surface area contributed by atoms with Crippen LogP contribution in [0.25, 0.3) is 0 Å². The average molecular weight is 317 g/mol. The van der Waals surface area contributed by atoms with E-state index < -0.39 is 20.7 Å². The van der Waals surface area contributed by atoms with Gasteiger partial charge in [-0.1, -0.05) is 17.7 Å². The van der Waals surface area contributed by atoms with Crippen molar-refractivity contribution in [2.24, 2.45) is 7.05 Å². The predicted molar refractivity (Wildman–Crippen MR) is 73.9 cm³/mol. The smallest absolute Gasteiger partial charge is 0.264 e. The van der Waals surface area contributed by atoms with Crippen LogP contribution < -0.4 is 10.3 Å². The van der Waals surface area contributed by atoms with Gasteiger partial charge in [0.25, 0.3) is 10.0 Å². The number of aromatic nitrogens is 1. The molecule has 0 amide bonds. The van der Waals surface area contributed by atoms with Gasteiger partial charge in [0.15, 0.2) is 5.82 Å². The molecule has 5 nitrogen and oxygen atoms in total. The Morgan fingerprint density at radius 3 is 2.60 bits per heavy atom. The monoisotopic (exact) mass is 316 g/mol. The first kappa shape index (κ1) is 14.5. The largest absolute Gasteiger partial charge is 0.316 e. The predicted octanol–water partition coefficient (Wildman–Crippen LogP) is 1.98. The molecule has 8 heteroatoms. The number of halogens is 2. The molecule has 0 unspecified atom stereocenters. The van der Waals surface area contributed by atoms with Crippen molar-refractivity contribution in [2.45, 2.75) is 4.90 Å². The van der Waals surface area contributed by atoms with Gasteiger partial charge in [-0.05, 0) is 18.2 Å². The van der Waals surface area contributed by atoms with Gasteiger partial charge in [-0.15, -0.1) is 0 Å². The van der Waals surface area contributed by atoms with Gasteiger partial charge in [-0.25, -0.2) is 12.8 Å². The zero-order valence-corrected chi connectivity index (χ0v) is 11.9. The van der Waals surface area contributed by atoms with E-state index in [1.807, 2.05) is 0 Å². The fourth-order valence-electron chi connectivity index (χ4n) is 1.56. The van der Waals surface area contributed by atoms with E-state index in [1.54, 1.807) is 0 Å². The van der Waals surface area contributed by atoms with Crippen LogP contribution in [0.2, 0.25) is 5.02 Å². The Hall–Kier alpha value is -1.86. The van der Waals surface area contributed by atoms with E-state index in [2.05, 4.69) is 4.72 Å². The quantitative estimate of drug-likeness (QED) is 0.941. The van der Waals surface area contributed by atoms with Gasteiger partial charge in [0.2, 0.25) is 5.56 Å². The molecule has 0 saturated carbocycles. The van der Waals surface area contributed by atoms with Gasteiger partial charge in [-0.2, -0.15) is 0 Å². The first-order valence-corrected chi connectivity index (χ1v) is 7.31. The molecule has 20 heavy (non-hydrogen) atoms. The Balaban J connectivity index is 2.43. The first-order chi connectivity index (χ1) is 9.31. The number of nitrogens with zero attached hydrogens (tertiary/aromatic N) is 1. The highest BCUT2D eigenvalue weighted by molar-refractivity contribution is 7.92. The minimum absolute atomic E-state index is 0.145. The maximum Gasteiger partial charge on any atom is 0.264 e. The van der Waals surface area contributed by atoms with E-state index in [0.717, 1.165) is 6.07 Å². The standard InChI is InChI=1S/C12H10ClFN2O3S/c1-16-7-8(5-6-11(16)17)15-20(18,19)10-4-2-3-9(13)12(10)14/h2-7,15H,1H3. The Kier molecular flexibility index (Phi) is 3.82. The molecule has 0 radical (unpaired) electrons. The molecule has 0 spiro atoms. The lowest BCUT2D eigenvalue weighted by atomic mass is 10.3. The maximum absolute atomic E-state index is 13.7. The third-order valence-electron chi connectivity index (χ3n) is 2.54. The molecule has 0 aliphatic rings. The second-order valence-corrected chi connectivity index (χ2v) is 6.08. The van der Waals surface area contributed by atoms with Crippen molar-refractivity contribution >= 4 is 27.3 Å². The van der Waals surface area contributed by atoms with Gasteiger partial charge in [-0.3, -0.25) is 9.52 Å². The minimum Gasteiger partial charge on any atom is -0.316 e. The highest BCUT2D eigenvalue weighted by Crippen LogP contribution is 2.23. The first-order valence-electron chi connectivity index (χ1n) is 5.45. The van der Waals surface area contributed by atoms with Crippen molar-refractivity contribution in [2.75, 3.05) is 4.72 Å². The summed E-state index contributed by atoms with van der Waals surface area (Å²) in [4.78, 5) is 10.7. The molecule has 1 aromatic carbocycles. The molecule has 0 aliphatic heterocycles. The Bertz CT molecular complexity index is 818. The number of aryl methyl sites for hydroxylation is 1. The number of rotatable bonds is 3. The fourth-order valence-corrected chi connectivity index (χ4v) is 2.93. The summed E-state index contributed by atoms with van der Waals surface area (Å²) in [5.41, 5.74) is -0.145. The molecular weight excluding hydrogens is 307 g/mol. The second-order valence-electron chi connectivity index (χ2n) is 4.02. The molecule has 0 atom stereocenters. The van der Waals surface area contributed by atoms with Gasteiger partial charge in [0.1, 0.15) is 4.90 Å². The fraction of sp³-hybridized carbons (Fsp3) is 0.0833. The zero-order valence-electron chi connectivity index (χ0n) is 10.3. The summed E-state index contributed by atoms with van der Waals surface area (Å²) in [7, 11) is -2.65. The van der Waals surface area contributed by atoms with Crippen molar-refractivity contribution in [1.29, 1.82) is 0 Å². The summed E-state index contributed by atoms with van der Waals surface area (Å²) in [5, 5.41) is -0.284. The molecule has 1 aromatic heterocycles. The number of sulfonamides is 1. The third kappa shape index (κ3) is 2.83. The maximum atomic E-state index is 13.7. The van der Waals surface area contributed by atoms with Crippen molar-refractivity contribution < 1.29 is 12.8 Å². The van der Waals surface area contributed by atoms with Crippen LogP contribution in [-0.2, 0) is 17.1 Å². The minimum atomic E-state index is -4.12. The van der Waals surface area contributed by atoms with E-state index in [-0.39, 0.29) is 16.3 Å². The highest BCUT2D eigenvalue weighted by atomic mass is 35.5. The molecule has 0 fully saturated rings. The Labute approximate surface area is 119 Å². The average Bonchev–Trinajstić information content (AvgIpc) is 2.36. The van der Waals surface area contributed by atoms with E-state index in [0.29, 0.717) is 0 Å². The molecular formula is C12H10ClFN2O3S. The van der Waals surface area contributed by atoms with E-state index >= 15 is 0 Å². The van der Waals surface area contributed by atoms with Gasteiger partial charge >= 0.3 is 0 Å². The van der Waals surface area contributed by atoms with Crippen LogP contribution >= 0.6 is 11.6 Å². The molecule has 0 saturated heterocycles. The van der Waals surface area contributed by atoms with Gasteiger partial charge in [0.05, 0.1) is 10.7 Å².